The van der Waals surface area contributed by atoms with Gasteiger partial charge in [0.15, 0.2) is 17.5 Å². The van der Waals surface area contributed by atoms with Gasteiger partial charge in [0.05, 0.1) is 20.8 Å². The minimum absolute atomic E-state index is 0.148. The average Bonchev–Trinajstić information content (AvgIpc) is 2.69. The van der Waals surface area contributed by atoms with Crippen LogP contribution in [0.1, 0.15) is 30.9 Å². The minimum atomic E-state index is -0.578. The summed E-state index contributed by atoms with van der Waals surface area (Å²) in [4.78, 5) is 4.56. The molecular weight excluding hydrogens is 364 g/mol. The number of hydrogen-bond donors (Lipinski definition) is 2. The lowest BCUT2D eigenvalue weighted by Crippen LogP contribution is -2.39. The molecule has 0 aliphatic rings. The molecule has 5 nitrogen and oxygen atoms in total. The van der Waals surface area contributed by atoms with E-state index in [0.29, 0.717) is 42.7 Å². The number of hydrogen-bond acceptors (Lipinski definition) is 3. The van der Waals surface area contributed by atoms with Gasteiger partial charge in [-0.2, -0.15) is 0 Å². The van der Waals surface area contributed by atoms with Crippen LogP contribution >= 0.6 is 0 Å². The molecule has 0 aliphatic carbocycles. The smallest absolute Gasteiger partial charge is 0.191 e. The molecule has 0 saturated carbocycles. The summed E-state index contributed by atoms with van der Waals surface area (Å²) in [7, 11) is 3.18. The van der Waals surface area contributed by atoms with Gasteiger partial charge in [-0.15, -0.1) is 0 Å². The fourth-order valence-electron chi connectivity index (χ4n) is 2.75. The standard InChI is InChI=1S/C21H27F2N3O2/c1-5-24-21(25-12-14(2)17-8-7-16(22)11-18(17)23)26-13-15-6-9-19(27-3)20(10-15)28-4/h6-11,14H,5,12-13H2,1-4H3,(H2,24,25,26). The lowest BCUT2D eigenvalue weighted by molar-refractivity contribution is 0.354. The lowest BCUT2D eigenvalue weighted by atomic mass is 10.0. The Morgan fingerprint density at radius 1 is 1.04 bits per heavy atom. The van der Waals surface area contributed by atoms with Crippen LogP contribution in [0.5, 0.6) is 11.5 Å². The van der Waals surface area contributed by atoms with Crippen LogP contribution < -0.4 is 20.1 Å². The molecule has 2 N–H and O–H groups in total. The third kappa shape index (κ3) is 5.84. The van der Waals surface area contributed by atoms with Crippen molar-refractivity contribution in [3.05, 3.63) is 59.2 Å². The second-order valence-electron chi connectivity index (χ2n) is 6.33. The molecule has 0 aromatic heterocycles. The molecule has 2 aromatic rings. The molecule has 0 aliphatic heterocycles. The topological polar surface area (TPSA) is 54.9 Å². The van der Waals surface area contributed by atoms with Gasteiger partial charge in [0.25, 0.3) is 0 Å². The maximum absolute atomic E-state index is 13.9. The zero-order chi connectivity index (χ0) is 20.5. The molecule has 2 rings (SSSR count). The summed E-state index contributed by atoms with van der Waals surface area (Å²) < 4.78 is 37.6. The second-order valence-corrected chi connectivity index (χ2v) is 6.33. The molecule has 1 atom stereocenters. The van der Waals surface area contributed by atoms with E-state index in [-0.39, 0.29) is 5.92 Å². The molecular formula is C21H27F2N3O2. The highest BCUT2D eigenvalue weighted by Gasteiger charge is 2.12. The van der Waals surface area contributed by atoms with Crippen molar-refractivity contribution in [1.82, 2.24) is 10.6 Å². The van der Waals surface area contributed by atoms with E-state index in [4.69, 9.17) is 9.47 Å². The first-order valence-corrected chi connectivity index (χ1v) is 9.16. The number of benzene rings is 2. The predicted octanol–water partition coefficient (Wildman–Crippen LogP) is 3.84. The van der Waals surface area contributed by atoms with Crippen molar-refractivity contribution in [3.63, 3.8) is 0 Å². The second kappa shape index (κ2) is 10.5. The molecule has 0 amide bonds. The monoisotopic (exact) mass is 391 g/mol. The highest BCUT2D eigenvalue weighted by molar-refractivity contribution is 5.79. The van der Waals surface area contributed by atoms with Crippen molar-refractivity contribution in [2.75, 3.05) is 27.3 Å². The highest BCUT2D eigenvalue weighted by atomic mass is 19.1. The Hall–Kier alpha value is -2.83. The first-order valence-electron chi connectivity index (χ1n) is 9.16. The van der Waals surface area contributed by atoms with Crippen LogP contribution in [-0.2, 0) is 6.54 Å². The van der Waals surface area contributed by atoms with Crippen molar-refractivity contribution in [2.45, 2.75) is 26.3 Å². The molecule has 152 valence electrons. The third-order valence-electron chi connectivity index (χ3n) is 4.28. The van der Waals surface area contributed by atoms with Gasteiger partial charge in [-0.25, -0.2) is 13.8 Å². The van der Waals surface area contributed by atoms with Crippen LogP contribution in [0.3, 0.4) is 0 Å². The summed E-state index contributed by atoms with van der Waals surface area (Å²) >= 11 is 0. The molecule has 0 spiro atoms. The van der Waals surface area contributed by atoms with Crippen molar-refractivity contribution in [2.24, 2.45) is 4.99 Å². The Labute approximate surface area is 164 Å². The number of ether oxygens (including phenoxy) is 2. The molecule has 7 heteroatoms. The molecule has 0 heterocycles. The van der Waals surface area contributed by atoms with Gasteiger partial charge in [-0.3, -0.25) is 0 Å². The summed E-state index contributed by atoms with van der Waals surface area (Å²) in [6.07, 6.45) is 0. The Morgan fingerprint density at radius 2 is 1.79 bits per heavy atom. The maximum Gasteiger partial charge on any atom is 0.191 e. The van der Waals surface area contributed by atoms with E-state index >= 15 is 0 Å². The molecule has 1 unspecified atom stereocenters. The van der Waals surface area contributed by atoms with Gasteiger partial charge in [0.1, 0.15) is 11.6 Å². The van der Waals surface area contributed by atoms with Crippen LogP contribution in [0, 0.1) is 11.6 Å². The number of nitrogens with zero attached hydrogens (tertiary/aromatic N) is 1. The van der Waals surface area contributed by atoms with Crippen molar-refractivity contribution < 1.29 is 18.3 Å². The van der Waals surface area contributed by atoms with Gasteiger partial charge in [-0.1, -0.05) is 19.1 Å². The van der Waals surface area contributed by atoms with E-state index in [1.165, 1.54) is 12.1 Å². The van der Waals surface area contributed by atoms with E-state index in [0.717, 1.165) is 11.6 Å². The summed E-state index contributed by atoms with van der Waals surface area (Å²) in [6.45, 7) is 5.43. The van der Waals surface area contributed by atoms with Crippen molar-refractivity contribution >= 4 is 5.96 Å². The Balaban J connectivity index is 2.04. The van der Waals surface area contributed by atoms with Crippen LogP contribution in [0.25, 0.3) is 0 Å². The molecule has 2 aromatic carbocycles. The SMILES string of the molecule is CCNC(=NCc1ccc(OC)c(OC)c1)NCC(C)c1ccc(F)cc1F. The average molecular weight is 391 g/mol. The normalized spacial score (nSPS) is 12.4. The number of guanidine groups is 1. The van der Waals surface area contributed by atoms with E-state index in [9.17, 15) is 8.78 Å². The van der Waals surface area contributed by atoms with Crippen LogP contribution in [0.2, 0.25) is 0 Å². The Kier molecular flexibility index (Phi) is 8.04. The minimum Gasteiger partial charge on any atom is -0.493 e. The largest absolute Gasteiger partial charge is 0.493 e. The Morgan fingerprint density at radius 3 is 2.43 bits per heavy atom. The van der Waals surface area contributed by atoms with E-state index in [1.807, 2.05) is 32.0 Å². The quantitative estimate of drug-likeness (QED) is 0.530. The van der Waals surface area contributed by atoms with Gasteiger partial charge < -0.3 is 20.1 Å². The zero-order valence-corrected chi connectivity index (χ0v) is 16.7. The third-order valence-corrected chi connectivity index (χ3v) is 4.28. The molecule has 28 heavy (non-hydrogen) atoms. The van der Waals surface area contributed by atoms with E-state index in [2.05, 4.69) is 15.6 Å². The molecule has 0 bridgehead atoms. The number of halogens is 2. The van der Waals surface area contributed by atoms with Gasteiger partial charge in [-0.05, 0) is 36.2 Å². The first-order chi connectivity index (χ1) is 13.5. The van der Waals surface area contributed by atoms with Gasteiger partial charge in [0, 0.05) is 25.1 Å². The maximum atomic E-state index is 13.9. The first kappa shape index (κ1) is 21.5. The summed E-state index contributed by atoms with van der Waals surface area (Å²) in [5.74, 6) is 0.661. The number of nitrogens with one attached hydrogen (secondary N) is 2. The number of rotatable bonds is 8. The molecule has 0 fully saturated rings. The van der Waals surface area contributed by atoms with Gasteiger partial charge in [0.2, 0.25) is 0 Å². The summed E-state index contributed by atoms with van der Waals surface area (Å²) in [5.41, 5.74) is 1.43. The number of aliphatic imine (C=N–C) groups is 1. The fraction of sp³-hybridized carbons (Fsp3) is 0.381. The van der Waals surface area contributed by atoms with Crippen LogP contribution in [-0.4, -0.2) is 33.3 Å². The Bertz CT molecular complexity index is 812. The summed E-state index contributed by atoms with van der Waals surface area (Å²) in [6, 6.07) is 9.29. The molecule has 0 radical (unpaired) electrons. The lowest BCUT2D eigenvalue weighted by Gasteiger charge is -2.17. The van der Waals surface area contributed by atoms with Crippen molar-refractivity contribution in [1.29, 1.82) is 0 Å². The number of methoxy groups -OCH3 is 2. The van der Waals surface area contributed by atoms with E-state index < -0.39 is 11.6 Å². The predicted molar refractivity (Wildman–Crippen MR) is 107 cm³/mol. The summed E-state index contributed by atoms with van der Waals surface area (Å²) in [5, 5.41) is 6.37. The molecule has 0 saturated heterocycles. The van der Waals surface area contributed by atoms with Gasteiger partial charge >= 0.3 is 0 Å². The van der Waals surface area contributed by atoms with Crippen LogP contribution in [0.4, 0.5) is 8.78 Å². The zero-order valence-electron chi connectivity index (χ0n) is 16.7. The highest BCUT2D eigenvalue weighted by Crippen LogP contribution is 2.27. The van der Waals surface area contributed by atoms with Crippen molar-refractivity contribution in [3.8, 4) is 11.5 Å². The van der Waals surface area contributed by atoms with Crippen LogP contribution in [0.15, 0.2) is 41.4 Å². The fourth-order valence-corrected chi connectivity index (χ4v) is 2.75. The van der Waals surface area contributed by atoms with E-state index in [1.54, 1.807) is 14.2 Å².